The van der Waals surface area contributed by atoms with Gasteiger partial charge in [0.2, 0.25) is 5.91 Å². The number of hydrogen-bond donors (Lipinski definition) is 0. The summed E-state index contributed by atoms with van der Waals surface area (Å²) in [5, 5.41) is 0.636. The van der Waals surface area contributed by atoms with Gasteiger partial charge >= 0.3 is 0 Å². The van der Waals surface area contributed by atoms with Gasteiger partial charge in [-0.2, -0.15) is 0 Å². The summed E-state index contributed by atoms with van der Waals surface area (Å²) in [4.78, 5) is 18.0. The lowest BCUT2D eigenvalue weighted by molar-refractivity contribution is -0.125. The normalized spacial score (nSPS) is 17.6. The molecule has 23 heavy (non-hydrogen) atoms. The first-order valence-corrected chi connectivity index (χ1v) is 7.88. The number of amides is 1. The lowest BCUT2D eigenvalue weighted by Gasteiger charge is -2.15. The van der Waals surface area contributed by atoms with E-state index in [0.29, 0.717) is 18.1 Å². The summed E-state index contributed by atoms with van der Waals surface area (Å²) in [6.07, 6.45) is 7.56. The van der Waals surface area contributed by atoms with Crippen molar-refractivity contribution in [2.45, 2.75) is 12.5 Å². The second-order valence-corrected chi connectivity index (χ2v) is 5.76. The molecule has 1 fully saturated rings. The van der Waals surface area contributed by atoms with E-state index < -0.39 is 0 Å². The quantitative estimate of drug-likeness (QED) is 0.808. The van der Waals surface area contributed by atoms with E-state index in [-0.39, 0.29) is 12.0 Å². The van der Waals surface area contributed by atoms with Gasteiger partial charge in [-0.1, -0.05) is 29.8 Å². The highest BCUT2D eigenvalue weighted by Gasteiger charge is 2.26. The van der Waals surface area contributed by atoms with Gasteiger partial charge in [-0.15, -0.1) is 0 Å². The molecule has 1 aliphatic rings. The van der Waals surface area contributed by atoms with E-state index >= 15 is 0 Å². The molecule has 1 saturated heterocycles. The third-order valence-electron chi connectivity index (χ3n) is 3.72. The van der Waals surface area contributed by atoms with E-state index in [0.717, 1.165) is 17.7 Å². The second kappa shape index (κ2) is 7.29. The molecule has 5 heteroatoms. The topological polar surface area (TPSA) is 42.4 Å². The minimum absolute atomic E-state index is 0.0225. The summed E-state index contributed by atoms with van der Waals surface area (Å²) >= 11 is 6.08. The molecule has 0 spiro atoms. The average Bonchev–Trinajstić information content (AvgIpc) is 3.03. The molecule has 0 saturated carbocycles. The zero-order chi connectivity index (χ0) is 16.1. The number of nitrogens with zero attached hydrogens (tertiary/aromatic N) is 2. The van der Waals surface area contributed by atoms with Crippen LogP contribution in [0, 0.1) is 0 Å². The maximum atomic E-state index is 12.3. The van der Waals surface area contributed by atoms with Crippen LogP contribution in [0.1, 0.15) is 12.0 Å². The molecule has 1 aromatic heterocycles. The van der Waals surface area contributed by atoms with Crippen LogP contribution in [-0.4, -0.2) is 35.0 Å². The largest absolute Gasteiger partial charge is 0.488 e. The number of halogens is 1. The molecule has 0 N–H and O–H groups in total. The fraction of sp³-hybridized carbons (Fsp3) is 0.222. The Labute approximate surface area is 140 Å². The summed E-state index contributed by atoms with van der Waals surface area (Å²) in [7, 11) is 0. The van der Waals surface area contributed by atoms with E-state index in [1.165, 1.54) is 0 Å². The Bertz CT molecular complexity index is 703. The average molecular weight is 329 g/mol. The Balaban J connectivity index is 1.56. The lowest BCUT2D eigenvalue weighted by Crippen LogP contribution is -2.29. The minimum atomic E-state index is -0.0225. The van der Waals surface area contributed by atoms with E-state index in [2.05, 4.69) is 4.98 Å². The van der Waals surface area contributed by atoms with Crippen molar-refractivity contribution >= 4 is 23.6 Å². The highest BCUT2D eigenvalue weighted by Crippen LogP contribution is 2.19. The van der Waals surface area contributed by atoms with Gasteiger partial charge < -0.3 is 9.64 Å². The summed E-state index contributed by atoms with van der Waals surface area (Å²) in [6, 6.07) is 11.1. The van der Waals surface area contributed by atoms with Crippen molar-refractivity contribution in [2.24, 2.45) is 0 Å². The summed E-state index contributed by atoms with van der Waals surface area (Å²) in [5.74, 6) is 0.761. The number of carbonyl (C=O) groups is 1. The Kier molecular flexibility index (Phi) is 4.93. The van der Waals surface area contributed by atoms with Gasteiger partial charge in [0.1, 0.15) is 11.9 Å². The molecular weight excluding hydrogens is 312 g/mol. The fourth-order valence-electron chi connectivity index (χ4n) is 2.51. The van der Waals surface area contributed by atoms with Crippen molar-refractivity contribution in [3.63, 3.8) is 0 Å². The standard InChI is InChI=1S/C18H17ClN2O2/c19-17-4-2-1-3-14(17)5-6-18(22)21-12-9-16(13-21)23-15-7-10-20-11-8-15/h1-8,10-11,16H,9,12-13H2/b6-5+/t16-/m0/s1. The molecule has 0 bridgehead atoms. The maximum Gasteiger partial charge on any atom is 0.246 e. The van der Waals surface area contributed by atoms with Crippen LogP contribution in [0.5, 0.6) is 5.75 Å². The van der Waals surface area contributed by atoms with Gasteiger partial charge in [0.05, 0.1) is 6.54 Å². The molecule has 0 radical (unpaired) electrons. The van der Waals surface area contributed by atoms with Gasteiger partial charge in [0.15, 0.2) is 0 Å². The van der Waals surface area contributed by atoms with Crippen LogP contribution in [0.2, 0.25) is 5.02 Å². The van der Waals surface area contributed by atoms with Crippen LogP contribution < -0.4 is 4.74 Å². The Morgan fingerprint density at radius 2 is 2.04 bits per heavy atom. The number of benzene rings is 1. The number of hydrogen-bond acceptors (Lipinski definition) is 3. The first-order chi connectivity index (χ1) is 11.2. The zero-order valence-electron chi connectivity index (χ0n) is 12.6. The van der Waals surface area contributed by atoms with Crippen LogP contribution in [0.25, 0.3) is 6.08 Å². The lowest BCUT2D eigenvalue weighted by atomic mass is 10.2. The smallest absolute Gasteiger partial charge is 0.246 e. The molecule has 1 atom stereocenters. The van der Waals surface area contributed by atoms with E-state index in [9.17, 15) is 4.79 Å². The highest BCUT2D eigenvalue weighted by molar-refractivity contribution is 6.32. The summed E-state index contributed by atoms with van der Waals surface area (Å²) in [5.41, 5.74) is 0.839. The number of rotatable bonds is 4. The second-order valence-electron chi connectivity index (χ2n) is 5.35. The highest BCUT2D eigenvalue weighted by atomic mass is 35.5. The SMILES string of the molecule is O=C(/C=C/c1ccccc1Cl)N1CC[C@H](Oc2ccncc2)C1. The van der Waals surface area contributed by atoms with Gasteiger partial charge in [-0.3, -0.25) is 9.78 Å². The number of aromatic nitrogens is 1. The first kappa shape index (κ1) is 15.6. The van der Waals surface area contributed by atoms with Crippen molar-refractivity contribution in [1.29, 1.82) is 0 Å². The van der Waals surface area contributed by atoms with Gasteiger partial charge in [-0.25, -0.2) is 0 Å². The Hall–Kier alpha value is -2.33. The fourth-order valence-corrected chi connectivity index (χ4v) is 2.71. The summed E-state index contributed by atoms with van der Waals surface area (Å²) < 4.78 is 5.86. The molecule has 1 amide bonds. The van der Waals surface area contributed by atoms with Crippen LogP contribution in [0.3, 0.4) is 0 Å². The molecule has 1 aromatic carbocycles. The van der Waals surface area contributed by atoms with Crippen LogP contribution >= 0.6 is 11.6 Å². The molecule has 118 valence electrons. The minimum Gasteiger partial charge on any atom is -0.488 e. The molecule has 4 nitrogen and oxygen atoms in total. The van der Waals surface area contributed by atoms with Gasteiger partial charge in [0.25, 0.3) is 0 Å². The van der Waals surface area contributed by atoms with Crippen LogP contribution in [0.4, 0.5) is 0 Å². The van der Waals surface area contributed by atoms with Crippen molar-refractivity contribution in [1.82, 2.24) is 9.88 Å². The van der Waals surface area contributed by atoms with Crippen molar-refractivity contribution in [3.05, 3.63) is 65.5 Å². The number of ether oxygens (including phenoxy) is 1. The maximum absolute atomic E-state index is 12.3. The molecule has 0 unspecified atom stereocenters. The van der Waals surface area contributed by atoms with Crippen LogP contribution in [0.15, 0.2) is 54.9 Å². The number of likely N-dealkylation sites (tertiary alicyclic amines) is 1. The number of pyridine rings is 1. The predicted octanol–water partition coefficient (Wildman–Crippen LogP) is 3.43. The van der Waals surface area contributed by atoms with Crippen molar-refractivity contribution in [2.75, 3.05) is 13.1 Å². The van der Waals surface area contributed by atoms with Gasteiger partial charge in [-0.05, 0) is 29.8 Å². The van der Waals surface area contributed by atoms with E-state index in [4.69, 9.17) is 16.3 Å². The summed E-state index contributed by atoms with van der Waals surface area (Å²) in [6.45, 7) is 1.29. The predicted molar refractivity (Wildman–Crippen MR) is 90.3 cm³/mol. The molecule has 2 aromatic rings. The first-order valence-electron chi connectivity index (χ1n) is 7.50. The monoisotopic (exact) mass is 328 g/mol. The molecule has 3 rings (SSSR count). The van der Waals surface area contributed by atoms with E-state index in [1.807, 2.05) is 30.3 Å². The number of carbonyl (C=O) groups excluding carboxylic acids is 1. The van der Waals surface area contributed by atoms with Crippen LogP contribution in [-0.2, 0) is 4.79 Å². The molecule has 0 aliphatic carbocycles. The van der Waals surface area contributed by atoms with E-state index in [1.54, 1.807) is 35.5 Å². The molecule has 2 heterocycles. The zero-order valence-corrected chi connectivity index (χ0v) is 13.3. The van der Waals surface area contributed by atoms with Crippen molar-refractivity contribution < 1.29 is 9.53 Å². The molecule has 1 aliphatic heterocycles. The third kappa shape index (κ3) is 4.11. The van der Waals surface area contributed by atoms with Gasteiger partial charge in [0, 0.05) is 36.5 Å². The third-order valence-corrected chi connectivity index (χ3v) is 4.06. The van der Waals surface area contributed by atoms with Crippen molar-refractivity contribution in [3.8, 4) is 5.75 Å². The Morgan fingerprint density at radius 1 is 1.26 bits per heavy atom. The molecular formula is C18H17ClN2O2. The Morgan fingerprint density at radius 3 is 2.83 bits per heavy atom.